The standard InChI is InChI=1S/2C7H15BO2.4C2H6.2CH5BO2.4CH4.H2S.U.H2/c2*1-6(2)7(3,4)10-8(5)9-6;4*1-2;2*1-2(3)4;;;;;;;/h2*1-5H3;4*1-2H3;2*3-4H,1H3;4*1H4;1H2;;1H/i;;;;;;;;;;;;;;1+2. The molecule has 0 amide bonds. The normalized spacial score (nSPS) is 15.7. The molecular weight excluding hydrogens is 778 g/mol. The van der Waals surface area contributed by atoms with Crippen LogP contribution in [0.3, 0.4) is 0 Å². The van der Waals surface area contributed by atoms with Crippen molar-refractivity contribution in [2.75, 3.05) is 0 Å². The molecule has 0 saturated carbocycles. The largest absolute Gasteiger partial charge is 0.454 e. The van der Waals surface area contributed by atoms with Gasteiger partial charge in [0.25, 0.3) is 0 Å². The third kappa shape index (κ3) is 43.5. The maximum atomic E-state index is 7.61. The van der Waals surface area contributed by atoms with Crippen molar-refractivity contribution in [3.05, 3.63) is 0 Å². The molecule has 2 fully saturated rings. The summed E-state index contributed by atoms with van der Waals surface area (Å²) in [5.74, 6) is 0. The van der Waals surface area contributed by atoms with E-state index in [1.807, 2.05) is 69.0 Å². The van der Waals surface area contributed by atoms with Gasteiger partial charge in [-0.3, -0.25) is 0 Å². The predicted molar refractivity (Wildman–Crippen MR) is 201 cm³/mol. The second-order valence-corrected chi connectivity index (χ2v) is 8.91. The first kappa shape index (κ1) is 79.1. The van der Waals surface area contributed by atoms with Crippen molar-refractivity contribution in [2.45, 2.75) is 190 Å². The van der Waals surface area contributed by atoms with E-state index in [2.05, 4.69) is 55.4 Å². The van der Waals surface area contributed by atoms with Crippen LogP contribution in [-0.4, -0.2) is 71.0 Å². The first-order chi connectivity index (χ1) is 16.2. The molecule has 2 saturated heterocycles. The Labute approximate surface area is 301 Å². The molecule has 0 aliphatic carbocycles. The Morgan fingerprint density at radius 3 is 0.548 bits per heavy atom. The van der Waals surface area contributed by atoms with Crippen LogP contribution in [0.4, 0.5) is 0 Å². The smallest absolute Gasteiger partial charge is 0.427 e. The van der Waals surface area contributed by atoms with Crippen LogP contribution in [0, 0.1) is 31.1 Å². The molecule has 14 heteroatoms. The Bertz CT molecular complexity index is 395. The van der Waals surface area contributed by atoms with Crippen LogP contribution in [0.1, 0.15) is 142 Å². The zero-order valence-electron chi connectivity index (χ0n) is 28.7. The fourth-order valence-corrected chi connectivity index (χ4v) is 2.28. The van der Waals surface area contributed by atoms with Crippen molar-refractivity contribution < 1.29 is 71.3 Å². The van der Waals surface area contributed by atoms with Gasteiger partial charge in [0.2, 0.25) is 0 Å². The van der Waals surface area contributed by atoms with Gasteiger partial charge >= 0.3 is 28.5 Å². The van der Waals surface area contributed by atoms with Gasteiger partial charge in [-0.1, -0.05) is 85.1 Å². The first-order valence-corrected chi connectivity index (χ1v) is 13.6. The quantitative estimate of drug-likeness (QED) is 0.179. The van der Waals surface area contributed by atoms with Crippen LogP contribution in [0.2, 0.25) is 27.3 Å². The van der Waals surface area contributed by atoms with E-state index < -0.39 is 14.2 Å². The van der Waals surface area contributed by atoms with Gasteiger partial charge in [0.1, 0.15) is 0 Å². The zero-order valence-corrected chi connectivity index (χ0v) is 33.9. The van der Waals surface area contributed by atoms with E-state index in [0.29, 0.717) is 0 Å². The number of hydrogen-bond donors (Lipinski definition) is 4. The van der Waals surface area contributed by atoms with Gasteiger partial charge < -0.3 is 38.7 Å². The second-order valence-electron chi connectivity index (χ2n) is 8.91. The number of rotatable bonds is 0. The second kappa shape index (κ2) is 42.3. The van der Waals surface area contributed by atoms with Crippen LogP contribution in [-0.2, 0) is 18.6 Å². The summed E-state index contributed by atoms with van der Waals surface area (Å²) in [6, 6.07) is 0. The maximum Gasteiger partial charge on any atom is 0.454 e. The molecule has 42 heavy (non-hydrogen) atoms. The summed E-state index contributed by atoms with van der Waals surface area (Å²) in [7, 11) is -2.46. The minimum atomic E-state index is -1.17. The van der Waals surface area contributed by atoms with Gasteiger partial charge in [-0.2, -0.15) is 13.5 Å². The summed E-state index contributed by atoms with van der Waals surface area (Å²) in [5.41, 5.74) is -0.641. The fourth-order valence-electron chi connectivity index (χ4n) is 2.28. The number of hydrogen-bond acceptors (Lipinski definition) is 8. The third-order valence-corrected chi connectivity index (χ3v) is 4.74. The summed E-state index contributed by atoms with van der Waals surface area (Å²) in [4.78, 5) is 0. The zero-order chi connectivity index (χ0) is 31.1. The van der Waals surface area contributed by atoms with E-state index in [1.165, 1.54) is 13.6 Å². The average Bonchev–Trinajstić information content (AvgIpc) is 3.03. The Kier molecular flexibility index (Phi) is 79.7. The molecule has 0 bridgehead atoms. The molecule has 0 aromatic rings. The molecule has 0 aromatic carbocycles. The minimum absolute atomic E-state index is 0. The molecule has 2 aliphatic rings. The average molecular weight is 864 g/mol. The van der Waals surface area contributed by atoms with Gasteiger partial charge in [0.15, 0.2) is 0 Å². The van der Waals surface area contributed by atoms with Gasteiger partial charge in [0.05, 0.1) is 22.4 Å². The van der Waals surface area contributed by atoms with E-state index in [-0.39, 0.29) is 112 Å². The summed E-state index contributed by atoms with van der Waals surface area (Å²) in [6.45, 7) is 38.8. The van der Waals surface area contributed by atoms with Gasteiger partial charge in [-0.15, -0.1) is 0 Å². The van der Waals surface area contributed by atoms with Gasteiger partial charge in [0, 0.05) is 32.5 Å². The van der Waals surface area contributed by atoms with Crippen LogP contribution in [0.25, 0.3) is 0 Å². The minimum Gasteiger partial charge on any atom is -0.427 e. The predicted octanol–water partition coefficient (Wildman–Crippen LogP) is 8.60. The topological polar surface area (TPSA) is 118 Å². The van der Waals surface area contributed by atoms with Gasteiger partial charge in [-0.25, -0.2) is 0 Å². The molecule has 0 aromatic heterocycles. The Morgan fingerprint density at radius 1 is 0.452 bits per heavy atom. The third-order valence-electron chi connectivity index (χ3n) is 4.74. The molecule has 2 aliphatic heterocycles. The van der Waals surface area contributed by atoms with Crippen LogP contribution in [0.5, 0.6) is 0 Å². The summed E-state index contributed by atoms with van der Waals surface area (Å²) >= 11 is 0. The van der Waals surface area contributed by atoms with Crippen LogP contribution < -0.4 is 0 Å². The van der Waals surface area contributed by atoms with E-state index in [9.17, 15) is 0 Å². The maximum absolute atomic E-state index is 7.61. The Balaban J connectivity index is -0.0000000234. The van der Waals surface area contributed by atoms with Crippen molar-refractivity contribution in [1.29, 1.82) is 0 Å². The molecular formula is C28H84B4O8SU. The molecule has 0 spiro atoms. The SMILES string of the molecule is C.C.C.C.CB(O)O.CB(O)O.CB1OC(C)(C)C(C)(C)O1.CB1OC(C)(C)C(C)(C)O1.CC.CC.CC.CC.S.[3HH].[U]. The van der Waals surface area contributed by atoms with E-state index in [0.717, 1.165) is 0 Å². The summed E-state index contributed by atoms with van der Waals surface area (Å²) in [6.07, 6.45) is 0. The molecule has 2 rings (SSSR count). The molecule has 8 nitrogen and oxygen atoms in total. The monoisotopic (exact) mass is 865 g/mol. The van der Waals surface area contributed by atoms with Crippen molar-refractivity contribution in [2.24, 2.45) is 0 Å². The molecule has 0 unspecified atom stereocenters. The van der Waals surface area contributed by atoms with Crippen LogP contribution in [0.15, 0.2) is 0 Å². The van der Waals surface area contributed by atoms with Crippen molar-refractivity contribution in [1.82, 2.24) is 0 Å². The van der Waals surface area contributed by atoms with E-state index >= 15 is 0 Å². The Morgan fingerprint density at radius 2 is 0.524 bits per heavy atom. The molecule has 2 heterocycles. The molecule has 4 N–H and O–H groups in total. The summed E-state index contributed by atoms with van der Waals surface area (Å²) in [5, 5.41) is 30.4. The van der Waals surface area contributed by atoms with Crippen molar-refractivity contribution >= 4 is 42.0 Å². The van der Waals surface area contributed by atoms with Crippen molar-refractivity contribution in [3.63, 3.8) is 0 Å². The van der Waals surface area contributed by atoms with E-state index in [1.54, 1.807) is 0 Å². The van der Waals surface area contributed by atoms with Crippen molar-refractivity contribution in [3.8, 4) is 0 Å². The molecule has 0 radical (unpaired) electrons. The molecule has 266 valence electrons. The fraction of sp³-hybridized carbons (Fsp3) is 1.00. The van der Waals surface area contributed by atoms with Crippen LogP contribution >= 0.6 is 13.5 Å². The Hall–Kier alpha value is 1.34. The molecule has 0 atom stereocenters. The van der Waals surface area contributed by atoms with E-state index in [4.69, 9.17) is 38.7 Å². The first-order valence-electron chi connectivity index (χ1n) is 13.6. The van der Waals surface area contributed by atoms with Gasteiger partial charge in [-0.05, 0) is 82.7 Å². The summed E-state index contributed by atoms with van der Waals surface area (Å²) < 4.78 is 22.2.